The van der Waals surface area contributed by atoms with Crippen LogP contribution in [-0.4, -0.2) is 30.8 Å². The average Bonchev–Trinajstić information content (AvgIpc) is 2.86. The first kappa shape index (κ1) is 15.8. The lowest BCUT2D eigenvalue weighted by atomic mass is 9.93. The van der Waals surface area contributed by atoms with Crippen molar-refractivity contribution in [3.63, 3.8) is 0 Å². The summed E-state index contributed by atoms with van der Waals surface area (Å²) >= 11 is 0. The van der Waals surface area contributed by atoms with Crippen LogP contribution in [0.1, 0.15) is 39.0 Å². The summed E-state index contributed by atoms with van der Waals surface area (Å²) in [7, 11) is -3.20. The van der Waals surface area contributed by atoms with Crippen LogP contribution >= 0.6 is 0 Å². The first-order chi connectivity index (χ1) is 9.87. The second-order valence-corrected chi connectivity index (χ2v) is 7.89. The highest BCUT2D eigenvalue weighted by atomic mass is 32.2. The van der Waals surface area contributed by atoms with E-state index in [1.54, 1.807) is 31.2 Å². The van der Waals surface area contributed by atoms with Crippen LogP contribution in [0.15, 0.2) is 29.2 Å². The lowest BCUT2D eigenvalue weighted by Crippen LogP contribution is -2.37. The van der Waals surface area contributed by atoms with Crippen molar-refractivity contribution in [3.05, 3.63) is 24.3 Å². The maximum atomic E-state index is 11.8. The molecule has 5 nitrogen and oxygen atoms in total. The fraction of sp³-hybridized carbons (Fsp3) is 0.533. The normalized spacial score (nSPS) is 17.6. The van der Waals surface area contributed by atoms with Crippen molar-refractivity contribution in [2.75, 3.05) is 11.1 Å². The summed E-state index contributed by atoms with van der Waals surface area (Å²) in [5.41, 5.74) is 0.366. The van der Waals surface area contributed by atoms with Gasteiger partial charge in [0.25, 0.3) is 0 Å². The molecule has 1 aliphatic carbocycles. The number of sulfone groups is 1. The number of aliphatic carboxylic acids is 1. The molecule has 6 heteroatoms. The summed E-state index contributed by atoms with van der Waals surface area (Å²) in [4.78, 5) is 11.4. The molecule has 1 saturated carbocycles. The Bertz CT molecular complexity index is 601. The van der Waals surface area contributed by atoms with E-state index in [9.17, 15) is 13.2 Å². The number of benzene rings is 1. The molecule has 0 aliphatic heterocycles. The van der Waals surface area contributed by atoms with Gasteiger partial charge in [0, 0.05) is 11.2 Å². The molecule has 0 radical (unpaired) electrons. The van der Waals surface area contributed by atoms with E-state index >= 15 is 0 Å². The van der Waals surface area contributed by atoms with Gasteiger partial charge in [0.05, 0.1) is 17.1 Å². The molecule has 0 bridgehead atoms. The molecule has 0 heterocycles. The van der Waals surface area contributed by atoms with E-state index in [1.807, 2.05) is 0 Å². The van der Waals surface area contributed by atoms with Crippen LogP contribution in [0.25, 0.3) is 0 Å². The number of carboxylic acid groups (broad SMARTS) is 1. The van der Waals surface area contributed by atoms with E-state index in [0.717, 1.165) is 31.4 Å². The van der Waals surface area contributed by atoms with Crippen molar-refractivity contribution >= 4 is 21.5 Å². The van der Waals surface area contributed by atoms with Gasteiger partial charge in [0.15, 0.2) is 9.84 Å². The standard InChI is InChI=1S/C15H21NO4S/c1-2-21(19,20)13-7-5-12(6-8-13)16-15(11-14(17)18)9-3-4-10-15/h5-8,16H,2-4,9-11H2,1H3,(H,17,18). The summed E-state index contributed by atoms with van der Waals surface area (Å²) in [6, 6.07) is 6.57. The highest BCUT2D eigenvalue weighted by Crippen LogP contribution is 2.36. The van der Waals surface area contributed by atoms with E-state index in [1.165, 1.54) is 0 Å². The van der Waals surface area contributed by atoms with E-state index in [2.05, 4.69) is 5.32 Å². The number of carbonyl (C=O) groups is 1. The highest BCUT2D eigenvalue weighted by molar-refractivity contribution is 7.91. The van der Waals surface area contributed by atoms with Gasteiger partial charge in [0.1, 0.15) is 0 Å². The average molecular weight is 311 g/mol. The zero-order valence-corrected chi connectivity index (χ0v) is 12.9. The number of anilines is 1. The second kappa shape index (κ2) is 6.05. The van der Waals surface area contributed by atoms with Gasteiger partial charge in [-0.1, -0.05) is 19.8 Å². The van der Waals surface area contributed by atoms with Crippen LogP contribution in [0, 0.1) is 0 Å². The second-order valence-electron chi connectivity index (χ2n) is 5.61. The Hall–Kier alpha value is -1.56. The highest BCUT2D eigenvalue weighted by Gasteiger charge is 2.35. The van der Waals surface area contributed by atoms with Crippen molar-refractivity contribution in [3.8, 4) is 0 Å². The van der Waals surface area contributed by atoms with E-state index in [-0.39, 0.29) is 12.2 Å². The number of hydrogen-bond acceptors (Lipinski definition) is 4. The number of nitrogens with one attached hydrogen (secondary N) is 1. The van der Waals surface area contributed by atoms with Crippen LogP contribution in [0.3, 0.4) is 0 Å². The summed E-state index contributed by atoms with van der Waals surface area (Å²) < 4.78 is 23.5. The maximum Gasteiger partial charge on any atom is 0.305 e. The molecule has 0 unspecified atom stereocenters. The minimum absolute atomic E-state index is 0.0721. The number of rotatable bonds is 6. The topological polar surface area (TPSA) is 83.5 Å². The molecule has 0 aromatic heterocycles. The van der Waals surface area contributed by atoms with Crippen molar-refractivity contribution in [2.45, 2.75) is 49.5 Å². The minimum Gasteiger partial charge on any atom is -0.481 e. The van der Waals surface area contributed by atoms with Crippen LogP contribution < -0.4 is 5.32 Å². The number of carboxylic acids is 1. The molecule has 1 aliphatic rings. The van der Waals surface area contributed by atoms with Gasteiger partial charge in [-0.2, -0.15) is 0 Å². The fourth-order valence-electron chi connectivity index (χ4n) is 2.91. The molecule has 116 valence electrons. The Kier molecular flexibility index (Phi) is 4.56. The molecule has 1 aromatic rings. The van der Waals surface area contributed by atoms with Gasteiger partial charge in [-0.05, 0) is 37.1 Å². The monoisotopic (exact) mass is 311 g/mol. The molecule has 0 atom stereocenters. The number of hydrogen-bond donors (Lipinski definition) is 2. The molecule has 0 saturated heterocycles. The summed E-state index contributed by atoms with van der Waals surface area (Å²) in [6.45, 7) is 1.61. The Balaban J connectivity index is 2.17. The first-order valence-corrected chi connectivity index (χ1v) is 8.85. The van der Waals surface area contributed by atoms with Crippen LogP contribution in [0.4, 0.5) is 5.69 Å². The van der Waals surface area contributed by atoms with Gasteiger partial charge in [0.2, 0.25) is 0 Å². The first-order valence-electron chi connectivity index (χ1n) is 7.20. The Morgan fingerprint density at radius 2 is 1.81 bits per heavy atom. The Labute approximate surface area is 125 Å². The molecular formula is C15H21NO4S. The minimum atomic E-state index is -3.20. The molecule has 21 heavy (non-hydrogen) atoms. The Morgan fingerprint density at radius 1 is 1.24 bits per heavy atom. The molecule has 2 N–H and O–H groups in total. The van der Waals surface area contributed by atoms with Crippen molar-refractivity contribution in [1.29, 1.82) is 0 Å². The third kappa shape index (κ3) is 3.75. The zero-order valence-electron chi connectivity index (χ0n) is 12.1. The predicted octanol–water partition coefficient (Wildman–Crippen LogP) is 2.68. The molecule has 0 spiro atoms. The van der Waals surface area contributed by atoms with Crippen LogP contribution in [0.5, 0.6) is 0 Å². The van der Waals surface area contributed by atoms with Gasteiger partial charge < -0.3 is 10.4 Å². The Morgan fingerprint density at radius 3 is 2.29 bits per heavy atom. The quantitative estimate of drug-likeness (QED) is 0.844. The van der Waals surface area contributed by atoms with Gasteiger partial charge in [-0.15, -0.1) is 0 Å². The predicted molar refractivity (Wildman–Crippen MR) is 81.2 cm³/mol. The molecular weight excluding hydrogens is 290 g/mol. The molecule has 2 rings (SSSR count). The van der Waals surface area contributed by atoms with Crippen molar-refractivity contribution < 1.29 is 18.3 Å². The van der Waals surface area contributed by atoms with Crippen molar-refractivity contribution in [1.82, 2.24) is 0 Å². The fourth-order valence-corrected chi connectivity index (χ4v) is 3.79. The SMILES string of the molecule is CCS(=O)(=O)c1ccc(NC2(CC(=O)O)CCCC2)cc1. The van der Waals surface area contributed by atoms with E-state index in [0.29, 0.717) is 4.90 Å². The lowest BCUT2D eigenvalue weighted by Gasteiger charge is -2.30. The van der Waals surface area contributed by atoms with E-state index in [4.69, 9.17) is 5.11 Å². The lowest BCUT2D eigenvalue weighted by molar-refractivity contribution is -0.138. The van der Waals surface area contributed by atoms with Gasteiger partial charge in [-0.3, -0.25) is 4.79 Å². The molecule has 1 aromatic carbocycles. The largest absolute Gasteiger partial charge is 0.481 e. The van der Waals surface area contributed by atoms with Gasteiger partial charge >= 0.3 is 5.97 Å². The van der Waals surface area contributed by atoms with Crippen LogP contribution in [-0.2, 0) is 14.6 Å². The summed E-state index contributed by atoms with van der Waals surface area (Å²) in [6.07, 6.45) is 3.77. The van der Waals surface area contributed by atoms with E-state index < -0.39 is 21.3 Å². The molecule has 1 fully saturated rings. The zero-order chi connectivity index (χ0) is 15.5. The third-order valence-electron chi connectivity index (χ3n) is 4.05. The summed E-state index contributed by atoms with van der Waals surface area (Å²) in [5, 5.41) is 12.4. The maximum absolute atomic E-state index is 11.8. The van der Waals surface area contributed by atoms with Gasteiger partial charge in [-0.25, -0.2) is 8.42 Å². The third-order valence-corrected chi connectivity index (χ3v) is 5.80. The summed E-state index contributed by atoms with van der Waals surface area (Å²) in [5.74, 6) is -0.738. The smallest absolute Gasteiger partial charge is 0.305 e. The van der Waals surface area contributed by atoms with Crippen LogP contribution in [0.2, 0.25) is 0 Å². The molecule has 0 amide bonds. The van der Waals surface area contributed by atoms with Crippen molar-refractivity contribution in [2.24, 2.45) is 0 Å².